The van der Waals surface area contributed by atoms with Gasteiger partial charge in [0.2, 0.25) is 0 Å². The first kappa shape index (κ1) is 21.3. The lowest BCUT2D eigenvalue weighted by molar-refractivity contribution is 0.114. The summed E-state index contributed by atoms with van der Waals surface area (Å²) in [7, 11) is 1.87. The molecule has 0 saturated heterocycles. The smallest absolute Gasteiger partial charge is 0.159 e. The van der Waals surface area contributed by atoms with E-state index in [9.17, 15) is 4.39 Å². The van der Waals surface area contributed by atoms with Crippen molar-refractivity contribution in [1.29, 1.82) is 0 Å². The molecular formula is C24H24ClFN4O. The molecule has 0 saturated carbocycles. The minimum absolute atomic E-state index is 0.0407. The van der Waals surface area contributed by atoms with Crippen molar-refractivity contribution in [2.75, 3.05) is 18.5 Å². The predicted molar refractivity (Wildman–Crippen MR) is 122 cm³/mol. The van der Waals surface area contributed by atoms with Gasteiger partial charge in [-0.3, -0.25) is 4.68 Å². The second-order valence-corrected chi connectivity index (χ2v) is 7.79. The van der Waals surface area contributed by atoms with Crippen molar-refractivity contribution in [3.8, 4) is 0 Å². The van der Waals surface area contributed by atoms with E-state index in [4.69, 9.17) is 16.3 Å². The van der Waals surface area contributed by atoms with Crippen LogP contribution >= 0.6 is 11.6 Å². The van der Waals surface area contributed by atoms with Crippen molar-refractivity contribution in [3.05, 3.63) is 89.0 Å². The van der Waals surface area contributed by atoms with E-state index in [-0.39, 0.29) is 11.7 Å². The van der Waals surface area contributed by atoms with Gasteiger partial charge in [0.25, 0.3) is 0 Å². The van der Waals surface area contributed by atoms with Crippen LogP contribution in [0.25, 0.3) is 10.9 Å². The zero-order valence-corrected chi connectivity index (χ0v) is 18.0. The van der Waals surface area contributed by atoms with E-state index in [1.165, 1.54) is 6.07 Å². The minimum Gasteiger partial charge on any atom is -0.377 e. The number of aromatic nitrogens is 3. The maximum absolute atomic E-state index is 13.9. The van der Waals surface area contributed by atoms with Gasteiger partial charge in [-0.2, -0.15) is 5.10 Å². The predicted octanol–water partition coefficient (Wildman–Crippen LogP) is 5.56. The Morgan fingerprint density at radius 3 is 2.77 bits per heavy atom. The van der Waals surface area contributed by atoms with Crippen LogP contribution in [-0.4, -0.2) is 27.9 Å². The van der Waals surface area contributed by atoms with Gasteiger partial charge in [-0.1, -0.05) is 54.1 Å². The van der Waals surface area contributed by atoms with Crippen LogP contribution in [0.1, 0.15) is 23.5 Å². The highest BCUT2D eigenvalue weighted by Crippen LogP contribution is 2.29. The van der Waals surface area contributed by atoms with Crippen molar-refractivity contribution < 1.29 is 9.13 Å². The molecule has 0 aliphatic heterocycles. The van der Waals surface area contributed by atoms with Crippen molar-refractivity contribution in [2.24, 2.45) is 7.05 Å². The van der Waals surface area contributed by atoms with E-state index < -0.39 is 0 Å². The third-order valence-corrected chi connectivity index (χ3v) is 5.56. The normalized spacial score (nSPS) is 12.2. The Bertz CT molecular complexity index is 1150. The van der Waals surface area contributed by atoms with Crippen molar-refractivity contribution >= 4 is 28.3 Å². The van der Waals surface area contributed by atoms with Crippen LogP contribution in [0.3, 0.4) is 0 Å². The fourth-order valence-corrected chi connectivity index (χ4v) is 3.89. The molecule has 0 aliphatic carbocycles. The molecule has 4 aromatic rings. The molecule has 1 atom stereocenters. The lowest BCUT2D eigenvalue weighted by Crippen LogP contribution is -2.16. The molecule has 0 bridgehead atoms. The molecule has 0 fully saturated rings. The minimum atomic E-state index is -0.247. The number of hydrogen-bond acceptors (Lipinski definition) is 4. The Labute approximate surface area is 185 Å². The highest BCUT2D eigenvalue weighted by Gasteiger charge is 2.17. The number of benzene rings is 2. The molecule has 0 amide bonds. The van der Waals surface area contributed by atoms with E-state index in [1.54, 1.807) is 23.0 Å². The molecule has 31 heavy (non-hydrogen) atoms. The lowest BCUT2D eigenvalue weighted by Gasteiger charge is -2.18. The molecule has 0 aliphatic rings. The number of nitrogens with one attached hydrogen (secondary N) is 1. The van der Waals surface area contributed by atoms with E-state index in [2.05, 4.69) is 15.4 Å². The third kappa shape index (κ3) is 5.21. The number of nitrogens with zero attached hydrogens (tertiary/aromatic N) is 3. The van der Waals surface area contributed by atoms with Crippen molar-refractivity contribution in [1.82, 2.24) is 14.8 Å². The average Bonchev–Trinajstić information content (AvgIpc) is 3.11. The van der Waals surface area contributed by atoms with Crippen LogP contribution in [0.15, 0.2) is 66.9 Å². The number of halogens is 2. The van der Waals surface area contributed by atoms with E-state index in [0.717, 1.165) is 28.5 Å². The van der Waals surface area contributed by atoms with E-state index in [1.807, 2.05) is 49.5 Å². The topological polar surface area (TPSA) is 52.0 Å². The van der Waals surface area contributed by atoms with Crippen molar-refractivity contribution in [3.63, 3.8) is 0 Å². The summed E-state index contributed by atoms with van der Waals surface area (Å²) < 4.78 is 21.5. The Morgan fingerprint density at radius 1 is 1.13 bits per heavy atom. The lowest BCUT2D eigenvalue weighted by atomic mass is 9.96. The summed E-state index contributed by atoms with van der Waals surface area (Å²) in [4.78, 5) is 4.17. The van der Waals surface area contributed by atoms with Crippen LogP contribution in [0.5, 0.6) is 0 Å². The van der Waals surface area contributed by atoms with Gasteiger partial charge in [0.1, 0.15) is 11.0 Å². The van der Waals surface area contributed by atoms with Gasteiger partial charge in [-0.25, -0.2) is 9.37 Å². The number of ether oxygens (including phenoxy) is 1. The molecule has 5 nitrogen and oxygen atoms in total. The molecule has 0 radical (unpaired) electrons. The largest absolute Gasteiger partial charge is 0.377 e. The Balaban J connectivity index is 1.46. The summed E-state index contributed by atoms with van der Waals surface area (Å²) in [5.41, 5.74) is 2.95. The first-order chi connectivity index (χ1) is 15.1. The second kappa shape index (κ2) is 9.90. The molecule has 2 aromatic heterocycles. The Morgan fingerprint density at radius 2 is 1.97 bits per heavy atom. The maximum atomic E-state index is 13.9. The average molecular weight is 439 g/mol. The molecular weight excluding hydrogens is 415 g/mol. The molecule has 2 aromatic carbocycles. The SMILES string of the molecule is Cn1nc(NCC(CCOCc2ccccc2)c2cccc(F)c2)c2c(Cl)nccc21. The quantitative estimate of drug-likeness (QED) is 0.274. The molecule has 4 rings (SSSR count). The Kier molecular flexibility index (Phi) is 6.79. The molecule has 2 heterocycles. The van der Waals surface area contributed by atoms with Gasteiger partial charge < -0.3 is 10.1 Å². The number of anilines is 1. The summed E-state index contributed by atoms with van der Waals surface area (Å²) in [5, 5.41) is 9.12. The summed E-state index contributed by atoms with van der Waals surface area (Å²) in [5.74, 6) is 0.462. The number of hydrogen-bond donors (Lipinski definition) is 1. The van der Waals surface area contributed by atoms with Gasteiger partial charge >= 0.3 is 0 Å². The maximum Gasteiger partial charge on any atom is 0.159 e. The molecule has 7 heteroatoms. The fourth-order valence-electron chi connectivity index (χ4n) is 3.65. The molecule has 160 valence electrons. The summed E-state index contributed by atoms with van der Waals surface area (Å²) in [6.07, 6.45) is 2.40. The van der Waals surface area contributed by atoms with E-state index in [0.29, 0.717) is 30.7 Å². The highest BCUT2D eigenvalue weighted by atomic mass is 35.5. The molecule has 1 unspecified atom stereocenters. The molecule has 1 N–H and O–H groups in total. The van der Waals surface area contributed by atoms with Gasteiger partial charge in [0.05, 0.1) is 17.5 Å². The van der Waals surface area contributed by atoms with Gasteiger partial charge in [-0.05, 0) is 35.7 Å². The standard InChI is InChI=1S/C24H24ClFN4O/c1-30-21-10-12-27-23(25)22(21)24(29-30)28-15-19(18-8-5-9-20(26)14-18)11-13-31-16-17-6-3-2-4-7-17/h2-10,12,14,19H,11,13,15-16H2,1H3,(H,28,29). The van der Waals surface area contributed by atoms with Crippen LogP contribution in [0, 0.1) is 5.82 Å². The monoisotopic (exact) mass is 438 g/mol. The first-order valence-corrected chi connectivity index (χ1v) is 10.6. The van der Waals surface area contributed by atoms with Crippen LogP contribution < -0.4 is 5.32 Å². The Hall–Kier alpha value is -2.96. The van der Waals surface area contributed by atoms with Crippen LogP contribution in [-0.2, 0) is 18.4 Å². The van der Waals surface area contributed by atoms with Crippen molar-refractivity contribution in [2.45, 2.75) is 18.9 Å². The number of aryl methyl sites for hydroxylation is 1. The second-order valence-electron chi connectivity index (χ2n) is 7.43. The molecule has 0 spiro atoms. The zero-order chi connectivity index (χ0) is 21.6. The first-order valence-electron chi connectivity index (χ1n) is 10.2. The van der Waals surface area contributed by atoms with Crippen LogP contribution in [0.2, 0.25) is 5.15 Å². The zero-order valence-electron chi connectivity index (χ0n) is 17.3. The van der Waals surface area contributed by atoms with E-state index >= 15 is 0 Å². The number of fused-ring (bicyclic) bond motifs is 1. The van der Waals surface area contributed by atoms with Gasteiger partial charge in [-0.15, -0.1) is 0 Å². The highest BCUT2D eigenvalue weighted by molar-refractivity contribution is 6.35. The van der Waals surface area contributed by atoms with Gasteiger partial charge in [0, 0.05) is 32.3 Å². The third-order valence-electron chi connectivity index (χ3n) is 5.28. The number of pyridine rings is 1. The number of rotatable bonds is 9. The van der Waals surface area contributed by atoms with Crippen LogP contribution in [0.4, 0.5) is 10.2 Å². The fraction of sp³-hybridized carbons (Fsp3) is 0.250. The summed E-state index contributed by atoms with van der Waals surface area (Å²) >= 11 is 6.32. The summed E-state index contributed by atoms with van der Waals surface area (Å²) in [6.45, 7) is 1.68. The van der Waals surface area contributed by atoms with Gasteiger partial charge in [0.15, 0.2) is 5.82 Å². The summed E-state index contributed by atoms with van der Waals surface area (Å²) in [6, 6.07) is 18.6.